The van der Waals surface area contributed by atoms with Crippen molar-refractivity contribution in [2.24, 2.45) is 0 Å². The molecule has 2 nitrogen and oxygen atoms in total. The first-order chi connectivity index (χ1) is 7.16. The quantitative estimate of drug-likeness (QED) is 0.660. The predicted octanol–water partition coefficient (Wildman–Crippen LogP) is 1.95. The van der Waals surface area contributed by atoms with Gasteiger partial charge < -0.3 is 10.2 Å². The molecule has 1 N–H and O–H groups in total. The molecule has 2 aliphatic heterocycles. The largest absolute Gasteiger partial charge is 0.312 e. The summed E-state index contributed by atoms with van der Waals surface area (Å²) in [4.78, 5) is 2.48. The van der Waals surface area contributed by atoms with Gasteiger partial charge in [0.15, 0.2) is 0 Å². The van der Waals surface area contributed by atoms with Crippen LogP contribution in [-0.2, 0) is 0 Å². The Hall–Kier alpha value is -0.600. The van der Waals surface area contributed by atoms with Crippen LogP contribution in [0.5, 0.6) is 0 Å². The van der Waals surface area contributed by atoms with Gasteiger partial charge in [0.05, 0.1) is 0 Å². The highest BCUT2D eigenvalue weighted by Crippen LogP contribution is 2.26. The lowest BCUT2D eigenvalue weighted by atomic mass is 9.87. The van der Waals surface area contributed by atoms with Gasteiger partial charge in [0, 0.05) is 18.6 Å². The number of hydrogen-bond donors (Lipinski definition) is 1. The molecule has 0 aromatic heterocycles. The molecular formula is C13H22N2. The molecule has 2 fully saturated rings. The maximum absolute atomic E-state index is 4.14. The first-order valence-electron chi connectivity index (χ1n) is 5.94. The molecule has 2 saturated heterocycles. The van der Waals surface area contributed by atoms with Gasteiger partial charge in [-0.05, 0) is 39.3 Å². The van der Waals surface area contributed by atoms with Gasteiger partial charge >= 0.3 is 0 Å². The monoisotopic (exact) mass is 206 g/mol. The second kappa shape index (κ2) is 4.50. The third-order valence-corrected chi connectivity index (χ3v) is 3.74. The summed E-state index contributed by atoms with van der Waals surface area (Å²) in [5.41, 5.74) is 2.82. The van der Waals surface area contributed by atoms with Crippen LogP contribution in [-0.4, -0.2) is 37.1 Å². The Bertz CT molecular complexity index is 270. The van der Waals surface area contributed by atoms with Gasteiger partial charge in [0.25, 0.3) is 0 Å². The summed E-state index contributed by atoms with van der Waals surface area (Å²) in [6, 6.07) is 1.22. The number of likely N-dealkylation sites (N-methyl/N-ethyl adjacent to an activating group) is 1. The van der Waals surface area contributed by atoms with Crippen molar-refractivity contribution >= 4 is 0 Å². The van der Waals surface area contributed by atoms with Crippen LogP contribution in [0.4, 0.5) is 0 Å². The Labute approximate surface area is 93.0 Å². The van der Waals surface area contributed by atoms with E-state index in [9.17, 15) is 0 Å². The second-order valence-corrected chi connectivity index (χ2v) is 5.02. The normalized spacial score (nSPS) is 34.5. The summed E-state index contributed by atoms with van der Waals surface area (Å²) in [5.74, 6) is 0. The first-order valence-corrected chi connectivity index (χ1v) is 5.94. The van der Waals surface area contributed by atoms with Crippen LogP contribution in [0.1, 0.15) is 25.7 Å². The van der Waals surface area contributed by atoms with Gasteiger partial charge in [-0.2, -0.15) is 0 Å². The van der Waals surface area contributed by atoms with Gasteiger partial charge in [-0.3, -0.25) is 0 Å². The Balaban J connectivity index is 2.00. The Kier molecular flexibility index (Phi) is 3.27. The lowest BCUT2D eigenvalue weighted by molar-refractivity contribution is 0.163. The highest BCUT2D eigenvalue weighted by molar-refractivity contribution is 5.10. The van der Waals surface area contributed by atoms with E-state index in [4.69, 9.17) is 0 Å². The highest BCUT2D eigenvalue weighted by Gasteiger charge is 2.30. The van der Waals surface area contributed by atoms with Crippen LogP contribution >= 0.6 is 0 Å². The van der Waals surface area contributed by atoms with Crippen molar-refractivity contribution in [3.63, 3.8) is 0 Å². The zero-order chi connectivity index (χ0) is 10.8. The third-order valence-electron chi connectivity index (χ3n) is 3.74. The molecule has 2 heterocycles. The summed E-state index contributed by atoms with van der Waals surface area (Å²) >= 11 is 0. The number of nitrogens with zero attached hydrogens (tertiary/aromatic N) is 1. The standard InChI is InChI=1S/C13H22N2/c1-10-4-6-14-12(8-10)13-9-11(2)5-7-15(13)3/h12-14H,1-2,4-9H2,3H3. The summed E-state index contributed by atoms with van der Waals surface area (Å²) in [7, 11) is 2.23. The zero-order valence-corrected chi connectivity index (χ0v) is 9.76. The summed E-state index contributed by atoms with van der Waals surface area (Å²) < 4.78 is 0. The van der Waals surface area contributed by atoms with Crippen LogP contribution in [0.2, 0.25) is 0 Å². The van der Waals surface area contributed by atoms with E-state index in [0.717, 1.165) is 32.4 Å². The van der Waals surface area contributed by atoms with E-state index in [1.54, 1.807) is 0 Å². The molecule has 0 aromatic rings. The molecule has 2 unspecified atom stereocenters. The topological polar surface area (TPSA) is 15.3 Å². The molecule has 15 heavy (non-hydrogen) atoms. The minimum Gasteiger partial charge on any atom is -0.312 e. The summed E-state index contributed by atoms with van der Waals surface area (Å²) in [6.45, 7) is 10.5. The Morgan fingerprint density at radius 1 is 1.20 bits per heavy atom. The van der Waals surface area contributed by atoms with Gasteiger partial charge in [0.1, 0.15) is 0 Å². The van der Waals surface area contributed by atoms with Crippen molar-refractivity contribution in [2.75, 3.05) is 20.1 Å². The first kappa shape index (κ1) is 10.9. The van der Waals surface area contributed by atoms with Crippen LogP contribution in [0.3, 0.4) is 0 Å². The molecule has 84 valence electrons. The SMILES string of the molecule is C=C1CCNC(C2CC(=C)CCN2C)C1. The average molecular weight is 206 g/mol. The van der Waals surface area contributed by atoms with E-state index in [1.807, 2.05) is 0 Å². The molecule has 2 atom stereocenters. The minimum absolute atomic E-state index is 0.591. The molecular weight excluding hydrogens is 184 g/mol. The number of nitrogens with one attached hydrogen (secondary N) is 1. The van der Waals surface area contributed by atoms with Crippen molar-refractivity contribution < 1.29 is 0 Å². The van der Waals surface area contributed by atoms with E-state index < -0.39 is 0 Å². The maximum atomic E-state index is 4.14. The molecule has 2 rings (SSSR count). The van der Waals surface area contributed by atoms with Crippen LogP contribution in [0.15, 0.2) is 24.3 Å². The molecule has 0 spiro atoms. The fraction of sp³-hybridized carbons (Fsp3) is 0.692. The molecule has 2 aliphatic rings. The van der Waals surface area contributed by atoms with Crippen LogP contribution in [0, 0.1) is 0 Å². The van der Waals surface area contributed by atoms with E-state index in [1.165, 1.54) is 17.6 Å². The van der Waals surface area contributed by atoms with Gasteiger partial charge in [-0.25, -0.2) is 0 Å². The molecule has 0 saturated carbocycles. The van der Waals surface area contributed by atoms with Gasteiger partial charge in [-0.15, -0.1) is 0 Å². The van der Waals surface area contributed by atoms with Crippen molar-refractivity contribution in [1.82, 2.24) is 10.2 Å². The lowest BCUT2D eigenvalue weighted by Gasteiger charge is -2.41. The molecule has 0 aromatic carbocycles. The zero-order valence-electron chi connectivity index (χ0n) is 9.76. The molecule has 0 radical (unpaired) electrons. The average Bonchev–Trinajstić information content (AvgIpc) is 2.22. The van der Waals surface area contributed by atoms with E-state index in [-0.39, 0.29) is 0 Å². The lowest BCUT2D eigenvalue weighted by Crippen LogP contribution is -2.52. The van der Waals surface area contributed by atoms with E-state index in [2.05, 4.69) is 30.4 Å². The second-order valence-electron chi connectivity index (χ2n) is 5.02. The smallest absolute Gasteiger partial charge is 0.0286 e. The van der Waals surface area contributed by atoms with Crippen molar-refractivity contribution in [3.8, 4) is 0 Å². The van der Waals surface area contributed by atoms with Crippen molar-refractivity contribution in [3.05, 3.63) is 24.3 Å². The number of likely N-dealkylation sites (tertiary alicyclic amines) is 1. The molecule has 0 bridgehead atoms. The van der Waals surface area contributed by atoms with Crippen LogP contribution in [0.25, 0.3) is 0 Å². The van der Waals surface area contributed by atoms with Crippen molar-refractivity contribution in [2.45, 2.75) is 37.8 Å². The molecule has 0 aliphatic carbocycles. The molecule has 2 heteroatoms. The number of rotatable bonds is 1. The fourth-order valence-electron chi connectivity index (χ4n) is 2.70. The summed E-state index contributed by atoms with van der Waals surface area (Å²) in [5, 5.41) is 3.63. The Morgan fingerprint density at radius 2 is 1.93 bits per heavy atom. The maximum Gasteiger partial charge on any atom is 0.0286 e. The minimum atomic E-state index is 0.591. The highest BCUT2D eigenvalue weighted by atomic mass is 15.2. The fourth-order valence-corrected chi connectivity index (χ4v) is 2.70. The van der Waals surface area contributed by atoms with Gasteiger partial charge in [0.2, 0.25) is 0 Å². The third kappa shape index (κ3) is 2.50. The Morgan fingerprint density at radius 3 is 2.67 bits per heavy atom. The number of hydrogen-bond acceptors (Lipinski definition) is 2. The van der Waals surface area contributed by atoms with Gasteiger partial charge in [-0.1, -0.05) is 24.3 Å². The predicted molar refractivity (Wildman–Crippen MR) is 65.0 cm³/mol. The van der Waals surface area contributed by atoms with E-state index in [0.29, 0.717) is 12.1 Å². The number of piperidine rings is 2. The van der Waals surface area contributed by atoms with Crippen LogP contribution < -0.4 is 5.32 Å². The van der Waals surface area contributed by atoms with E-state index >= 15 is 0 Å². The summed E-state index contributed by atoms with van der Waals surface area (Å²) in [6.07, 6.45) is 4.61. The molecule has 0 amide bonds. The van der Waals surface area contributed by atoms with Crippen molar-refractivity contribution in [1.29, 1.82) is 0 Å².